The maximum atomic E-state index is 3.81. The van der Waals surface area contributed by atoms with Gasteiger partial charge in [-0.2, -0.15) is 0 Å². The van der Waals surface area contributed by atoms with E-state index in [-0.39, 0.29) is 0 Å². The van der Waals surface area contributed by atoms with Crippen LogP contribution in [0.5, 0.6) is 0 Å². The Morgan fingerprint density at radius 3 is 2.89 bits per heavy atom. The Labute approximate surface area is 135 Å². The minimum absolute atomic E-state index is 0.324. The Bertz CT molecular complexity index is 426. The topological polar surface area (TPSA) is 15.3 Å². The molecule has 0 saturated carbocycles. The van der Waals surface area contributed by atoms with E-state index in [1.165, 1.54) is 22.1 Å². The van der Waals surface area contributed by atoms with Crippen LogP contribution in [0.4, 0.5) is 0 Å². The smallest absolute Gasteiger partial charge is 0.0659 e. The third-order valence-electron chi connectivity index (χ3n) is 3.65. The number of rotatable bonds is 5. The van der Waals surface area contributed by atoms with Crippen molar-refractivity contribution in [3.8, 4) is 0 Å². The van der Waals surface area contributed by atoms with Crippen LogP contribution in [0.15, 0.2) is 6.07 Å². The van der Waals surface area contributed by atoms with Crippen molar-refractivity contribution in [1.82, 2.24) is 10.2 Å². The maximum absolute atomic E-state index is 3.81. The predicted molar refractivity (Wildman–Crippen MR) is 93.1 cm³/mol. The molecule has 1 atom stereocenters. The van der Waals surface area contributed by atoms with E-state index in [1.54, 1.807) is 10.4 Å². The van der Waals surface area contributed by atoms with Gasteiger partial charge in [0.2, 0.25) is 0 Å². The molecule has 1 aliphatic carbocycles. The highest BCUT2D eigenvalue weighted by Gasteiger charge is 2.25. The summed E-state index contributed by atoms with van der Waals surface area (Å²) in [5, 5.41) is 3.81. The number of aryl methyl sites for hydroxylation is 1. The molecule has 0 spiro atoms. The zero-order valence-electron chi connectivity index (χ0n) is 12.4. The van der Waals surface area contributed by atoms with Gasteiger partial charge in [-0.3, -0.25) is 0 Å². The highest BCUT2D eigenvalue weighted by atomic mass is 127. The Morgan fingerprint density at radius 2 is 2.21 bits per heavy atom. The number of fused-ring (bicyclic) bond motifs is 1. The van der Waals surface area contributed by atoms with Crippen molar-refractivity contribution in [2.75, 3.05) is 27.2 Å². The van der Waals surface area contributed by atoms with Crippen LogP contribution in [0.2, 0.25) is 0 Å². The van der Waals surface area contributed by atoms with Gasteiger partial charge in [0, 0.05) is 24.0 Å². The van der Waals surface area contributed by atoms with E-state index in [0.29, 0.717) is 11.5 Å². The van der Waals surface area contributed by atoms with Crippen LogP contribution in [0.3, 0.4) is 0 Å². The summed E-state index contributed by atoms with van der Waals surface area (Å²) in [6, 6.07) is 2.96. The fourth-order valence-electron chi connectivity index (χ4n) is 3.04. The normalized spacial score (nSPS) is 19.8. The second kappa shape index (κ2) is 6.41. The van der Waals surface area contributed by atoms with Crippen molar-refractivity contribution < 1.29 is 0 Å². The van der Waals surface area contributed by atoms with Gasteiger partial charge in [0.1, 0.15) is 0 Å². The summed E-state index contributed by atoms with van der Waals surface area (Å²) in [6.07, 6.45) is 3.90. The molecule has 108 valence electrons. The molecule has 0 saturated heterocycles. The zero-order valence-corrected chi connectivity index (χ0v) is 15.4. The van der Waals surface area contributed by atoms with Crippen molar-refractivity contribution >= 4 is 33.9 Å². The van der Waals surface area contributed by atoms with Crippen LogP contribution in [-0.4, -0.2) is 32.1 Å². The first kappa shape index (κ1) is 15.7. The third-order valence-corrected chi connectivity index (χ3v) is 5.63. The molecule has 1 aromatic rings. The number of hydrogen-bond acceptors (Lipinski definition) is 3. The summed E-state index contributed by atoms with van der Waals surface area (Å²) >= 11 is 4.43. The lowest BCUT2D eigenvalue weighted by atomic mass is 9.89. The second-order valence-corrected chi connectivity index (χ2v) is 9.69. The minimum Gasteiger partial charge on any atom is -0.309 e. The highest BCUT2D eigenvalue weighted by Crippen LogP contribution is 2.36. The van der Waals surface area contributed by atoms with Crippen molar-refractivity contribution in [1.29, 1.82) is 0 Å². The lowest BCUT2D eigenvalue weighted by Gasteiger charge is -2.32. The number of thiophene rings is 1. The molecule has 1 unspecified atom stereocenters. The molecule has 19 heavy (non-hydrogen) atoms. The number of hydrogen-bond donors (Lipinski definition) is 1. The lowest BCUT2D eigenvalue weighted by Crippen LogP contribution is -2.39. The van der Waals surface area contributed by atoms with E-state index >= 15 is 0 Å². The Morgan fingerprint density at radius 1 is 1.47 bits per heavy atom. The molecule has 0 aliphatic heterocycles. The quantitative estimate of drug-likeness (QED) is 0.765. The molecule has 0 bridgehead atoms. The van der Waals surface area contributed by atoms with Crippen LogP contribution in [-0.2, 0) is 6.42 Å². The molecule has 2 nitrogen and oxygen atoms in total. The van der Waals surface area contributed by atoms with Crippen molar-refractivity contribution in [2.24, 2.45) is 5.41 Å². The molecule has 1 aliphatic rings. The fourth-order valence-corrected chi connectivity index (χ4v) is 5.16. The Hall–Kier alpha value is 0.350. The lowest BCUT2D eigenvalue weighted by molar-refractivity contribution is 0.222. The number of nitrogens with zero attached hydrogens (tertiary/aromatic N) is 1. The summed E-state index contributed by atoms with van der Waals surface area (Å²) in [5.41, 5.74) is 1.89. The molecule has 0 amide bonds. The summed E-state index contributed by atoms with van der Waals surface area (Å²) in [6.45, 7) is 6.91. The molecule has 1 aromatic heterocycles. The van der Waals surface area contributed by atoms with Gasteiger partial charge in [-0.05, 0) is 73.0 Å². The number of halogens is 1. The van der Waals surface area contributed by atoms with Crippen LogP contribution in [0, 0.1) is 8.30 Å². The predicted octanol–water partition coefficient (Wildman–Crippen LogP) is 3.91. The molecule has 4 heteroatoms. The van der Waals surface area contributed by atoms with Crippen LogP contribution in [0.25, 0.3) is 0 Å². The molecule has 0 radical (unpaired) electrons. The summed E-state index contributed by atoms with van der Waals surface area (Å²) < 4.78 is 1.43. The van der Waals surface area contributed by atoms with E-state index in [1.807, 2.05) is 11.3 Å². The minimum atomic E-state index is 0.324. The van der Waals surface area contributed by atoms with E-state index in [9.17, 15) is 0 Å². The Kier molecular flexibility index (Phi) is 5.31. The van der Waals surface area contributed by atoms with Crippen LogP contribution >= 0.6 is 33.9 Å². The van der Waals surface area contributed by atoms with Crippen molar-refractivity contribution in [2.45, 2.75) is 39.2 Å². The molecule has 0 fully saturated rings. The number of nitrogens with one attached hydrogen (secondary N) is 1. The second-order valence-electron chi connectivity index (χ2n) is 6.66. The molecular formula is C15H25IN2S. The average molecular weight is 392 g/mol. The summed E-state index contributed by atoms with van der Waals surface area (Å²) in [4.78, 5) is 3.89. The van der Waals surface area contributed by atoms with Crippen molar-refractivity contribution in [3.05, 3.63) is 19.4 Å². The summed E-state index contributed by atoms with van der Waals surface area (Å²) in [5.74, 6) is 0. The first-order chi connectivity index (χ1) is 8.87. The van der Waals surface area contributed by atoms with Gasteiger partial charge < -0.3 is 10.2 Å². The first-order valence-corrected chi connectivity index (χ1v) is 8.93. The molecule has 1 N–H and O–H groups in total. The molecule has 2 rings (SSSR count). The van der Waals surface area contributed by atoms with E-state index in [4.69, 9.17) is 0 Å². The van der Waals surface area contributed by atoms with E-state index in [2.05, 4.69) is 66.8 Å². The largest absolute Gasteiger partial charge is 0.309 e. The summed E-state index contributed by atoms with van der Waals surface area (Å²) in [7, 11) is 4.31. The molecular weight excluding hydrogens is 367 g/mol. The SMILES string of the molecule is CN(C)CC(C)(C)CNC1CCCc2sc(I)cc21. The van der Waals surface area contributed by atoms with Gasteiger partial charge in [0.15, 0.2) is 0 Å². The standard InChI is InChI=1S/C15H25IN2S/c1-15(2,10-18(3)4)9-17-12-6-5-7-13-11(12)8-14(16)19-13/h8,12,17H,5-7,9-10H2,1-4H3. The van der Waals surface area contributed by atoms with E-state index in [0.717, 1.165) is 13.1 Å². The van der Waals surface area contributed by atoms with Gasteiger partial charge in [0.25, 0.3) is 0 Å². The third kappa shape index (κ3) is 4.41. The molecule has 0 aromatic carbocycles. The van der Waals surface area contributed by atoms with Crippen LogP contribution in [0.1, 0.15) is 43.2 Å². The van der Waals surface area contributed by atoms with Gasteiger partial charge in [0.05, 0.1) is 2.88 Å². The average Bonchev–Trinajstić information content (AvgIpc) is 2.65. The molecule has 1 heterocycles. The maximum Gasteiger partial charge on any atom is 0.0659 e. The highest BCUT2D eigenvalue weighted by molar-refractivity contribution is 14.1. The Balaban J connectivity index is 1.97. The monoisotopic (exact) mass is 392 g/mol. The van der Waals surface area contributed by atoms with Crippen molar-refractivity contribution in [3.63, 3.8) is 0 Å². The van der Waals surface area contributed by atoms with Gasteiger partial charge >= 0.3 is 0 Å². The van der Waals surface area contributed by atoms with Gasteiger partial charge in [-0.1, -0.05) is 13.8 Å². The zero-order chi connectivity index (χ0) is 14.0. The first-order valence-electron chi connectivity index (χ1n) is 7.04. The fraction of sp³-hybridized carbons (Fsp3) is 0.733. The van der Waals surface area contributed by atoms with Gasteiger partial charge in [-0.15, -0.1) is 11.3 Å². The van der Waals surface area contributed by atoms with Crippen LogP contribution < -0.4 is 5.32 Å². The van der Waals surface area contributed by atoms with Gasteiger partial charge in [-0.25, -0.2) is 0 Å². The van der Waals surface area contributed by atoms with E-state index < -0.39 is 0 Å².